The highest BCUT2D eigenvalue weighted by Gasteiger charge is 2.42. The van der Waals surface area contributed by atoms with Gasteiger partial charge in [0, 0.05) is 17.7 Å². The average molecular weight is 397 g/mol. The molecule has 1 N–H and O–H groups in total. The number of hydrogen-bond donors (Lipinski definition) is 1. The molecule has 4 aromatic rings. The molecule has 4 nitrogen and oxygen atoms in total. The Labute approximate surface area is 174 Å². The van der Waals surface area contributed by atoms with Gasteiger partial charge in [0.25, 0.3) is 5.91 Å². The van der Waals surface area contributed by atoms with Crippen LogP contribution in [0.1, 0.15) is 38.8 Å². The molecule has 148 valence electrons. The predicted octanol–water partition coefficient (Wildman–Crippen LogP) is 5.27. The van der Waals surface area contributed by atoms with Crippen LogP contribution in [0.2, 0.25) is 0 Å². The van der Waals surface area contributed by atoms with Crippen molar-refractivity contribution in [3.05, 3.63) is 113 Å². The van der Waals surface area contributed by atoms with E-state index in [0.29, 0.717) is 12.2 Å². The lowest BCUT2D eigenvalue weighted by Gasteiger charge is -2.26. The third-order valence-electron chi connectivity index (χ3n) is 5.57. The molecule has 0 saturated heterocycles. The minimum atomic E-state index is -0.290. The zero-order valence-electron chi connectivity index (χ0n) is 16.5. The van der Waals surface area contributed by atoms with Crippen LogP contribution >= 0.6 is 0 Å². The summed E-state index contributed by atoms with van der Waals surface area (Å²) in [6.45, 7) is 2.42. The number of aryl methyl sites for hydroxylation is 1. The van der Waals surface area contributed by atoms with E-state index in [-0.39, 0.29) is 17.8 Å². The van der Waals surface area contributed by atoms with Crippen molar-refractivity contribution in [3.63, 3.8) is 0 Å². The molecule has 0 radical (unpaired) electrons. The number of halogens is 1. The van der Waals surface area contributed by atoms with Crippen molar-refractivity contribution < 1.29 is 9.18 Å². The quantitative estimate of drug-likeness (QED) is 0.510. The van der Waals surface area contributed by atoms with Crippen molar-refractivity contribution in [1.82, 2.24) is 15.1 Å². The molecule has 0 bridgehead atoms. The number of H-pyrrole nitrogens is 1. The lowest BCUT2D eigenvalue weighted by Crippen LogP contribution is -2.29. The summed E-state index contributed by atoms with van der Waals surface area (Å²) < 4.78 is 13.4. The van der Waals surface area contributed by atoms with Gasteiger partial charge in [0.05, 0.1) is 11.7 Å². The Morgan fingerprint density at radius 2 is 1.67 bits per heavy atom. The molecular formula is C25H20FN3O. The molecule has 3 aromatic carbocycles. The third-order valence-corrected chi connectivity index (χ3v) is 5.57. The predicted molar refractivity (Wildman–Crippen MR) is 113 cm³/mol. The molecule has 1 aliphatic heterocycles. The topological polar surface area (TPSA) is 49.0 Å². The van der Waals surface area contributed by atoms with Crippen molar-refractivity contribution in [1.29, 1.82) is 0 Å². The smallest absolute Gasteiger partial charge is 0.273 e. The van der Waals surface area contributed by atoms with Crippen LogP contribution in [0.5, 0.6) is 0 Å². The molecule has 2 heterocycles. The molecule has 5 rings (SSSR count). The molecule has 0 aliphatic carbocycles. The Morgan fingerprint density at radius 1 is 0.967 bits per heavy atom. The number of amides is 1. The summed E-state index contributed by atoms with van der Waals surface area (Å²) in [4.78, 5) is 15.2. The van der Waals surface area contributed by atoms with Crippen LogP contribution in [0.25, 0.3) is 11.3 Å². The summed E-state index contributed by atoms with van der Waals surface area (Å²) in [6.07, 6.45) is 0. The van der Waals surface area contributed by atoms with Gasteiger partial charge in [0.15, 0.2) is 0 Å². The summed E-state index contributed by atoms with van der Waals surface area (Å²) in [5.74, 6) is -0.392. The number of fused-ring (bicyclic) bond motifs is 1. The highest BCUT2D eigenvalue weighted by Crippen LogP contribution is 2.43. The van der Waals surface area contributed by atoms with Gasteiger partial charge in [-0.15, -0.1) is 0 Å². The molecule has 0 fully saturated rings. The van der Waals surface area contributed by atoms with Gasteiger partial charge in [0.1, 0.15) is 11.5 Å². The first-order valence-electron chi connectivity index (χ1n) is 9.87. The van der Waals surface area contributed by atoms with E-state index >= 15 is 0 Å². The number of rotatable bonds is 4. The van der Waals surface area contributed by atoms with Crippen molar-refractivity contribution >= 4 is 5.91 Å². The van der Waals surface area contributed by atoms with Crippen LogP contribution in [-0.4, -0.2) is 21.0 Å². The molecule has 5 heteroatoms. The Bertz CT molecular complexity index is 1200. The van der Waals surface area contributed by atoms with E-state index in [1.165, 1.54) is 17.7 Å². The van der Waals surface area contributed by atoms with E-state index in [0.717, 1.165) is 27.9 Å². The van der Waals surface area contributed by atoms with E-state index in [1.54, 1.807) is 12.1 Å². The van der Waals surface area contributed by atoms with E-state index < -0.39 is 0 Å². The lowest BCUT2D eigenvalue weighted by molar-refractivity contribution is 0.0730. The Morgan fingerprint density at radius 3 is 2.37 bits per heavy atom. The second-order valence-electron chi connectivity index (χ2n) is 7.60. The second-order valence-corrected chi connectivity index (χ2v) is 7.60. The van der Waals surface area contributed by atoms with Crippen LogP contribution < -0.4 is 0 Å². The first-order valence-corrected chi connectivity index (χ1v) is 9.87. The minimum absolute atomic E-state index is 0.103. The zero-order valence-corrected chi connectivity index (χ0v) is 16.5. The summed E-state index contributed by atoms with van der Waals surface area (Å²) in [6, 6.07) is 24.1. The van der Waals surface area contributed by atoms with Gasteiger partial charge in [-0.1, -0.05) is 72.3 Å². The van der Waals surface area contributed by atoms with Gasteiger partial charge in [-0.25, -0.2) is 4.39 Å². The van der Waals surface area contributed by atoms with E-state index in [9.17, 15) is 9.18 Å². The van der Waals surface area contributed by atoms with Crippen LogP contribution in [0, 0.1) is 12.7 Å². The van der Waals surface area contributed by atoms with Crippen molar-refractivity contribution in [2.24, 2.45) is 0 Å². The fraction of sp³-hybridized carbons (Fsp3) is 0.120. The normalized spacial score (nSPS) is 15.5. The molecule has 1 unspecified atom stereocenters. The molecule has 0 saturated carbocycles. The number of nitrogens with zero attached hydrogens (tertiary/aromatic N) is 2. The van der Waals surface area contributed by atoms with Crippen molar-refractivity contribution in [3.8, 4) is 11.3 Å². The Kier molecular flexibility index (Phi) is 4.43. The fourth-order valence-electron chi connectivity index (χ4n) is 4.06. The van der Waals surface area contributed by atoms with Crippen molar-refractivity contribution in [2.75, 3.05) is 0 Å². The number of hydrogen-bond acceptors (Lipinski definition) is 2. The van der Waals surface area contributed by atoms with Gasteiger partial charge >= 0.3 is 0 Å². The standard InChI is InChI=1S/C25H20FN3O/c1-16-7-11-18(12-8-16)22-21-23(28-27-22)25(30)29(15-17-9-13-20(26)14-10-17)24(21)19-5-3-2-4-6-19/h2-14,24H,15H2,1H3,(H,27,28). The summed E-state index contributed by atoms with van der Waals surface area (Å²) in [7, 11) is 0. The summed E-state index contributed by atoms with van der Waals surface area (Å²) in [5.41, 5.74) is 6.21. The zero-order chi connectivity index (χ0) is 20.7. The van der Waals surface area contributed by atoms with Crippen LogP contribution in [0.15, 0.2) is 78.9 Å². The van der Waals surface area contributed by atoms with Gasteiger partial charge in [-0.2, -0.15) is 5.10 Å². The number of benzene rings is 3. The summed E-state index contributed by atoms with van der Waals surface area (Å²) in [5, 5.41) is 7.47. The molecule has 1 amide bonds. The van der Waals surface area contributed by atoms with Crippen LogP contribution in [-0.2, 0) is 6.54 Å². The number of aromatic amines is 1. The monoisotopic (exact) mass is 397 g/mol. The molecule has 0 spiro atoms. The third kappa shape index (κ3) is 3.08. The SMILES string of the molecule is Cc1ccc(-c2n[nH]c3c2C(c2ccccc2)N(Cc2ccc(F)cc2)C3=O)cc1. The average Bonchev–Trinajstić information content (AvgIpc) is 3.30. The number of nitrogens with one attached hydrogen (secondary N) is 1. The maximum atomic E-state index is 13.4. The molecule has 30 heavy (non-hydrogen) atoms. The largest absolute Gasteiger partial charge is 0.322 e. The maximum absolute atomic E-state index is 13.4. The summed E-state index contributed by atoms with van der Waals surface area (Å²) >= 11 is 0. The van der Waals surface area contributed by atoms with Crippen LogP contribution in [0.3, 0.4) is 0 Å². The Hall–Kier alpha value is -3.73. The number of carbonyl (C=O) groups excluding carboxylic acids is 1. The molecule has 1 atom stereocenters. The molecular weight excluding hydrogens is 377 g/mol. The highest BCUT2D eigenvalue weighted by atomic mass is 19.1. The van der Waals surface area contributed by atoms with Gasteiger partial charge in [-0.05, 0) is 30.2 Å². The lowest BCUT2D eigenvalue weighted by atomic mass is 9.95. The first kappa shape index (κ1) is 18.3. The highest BCUT2D eigenvalue weighted by molar-refractivity contribution is 6.00. The van der Waals surface area contributed by atoms with Gasteiger partial charge < -0.3 is 4.90 Å². The molecule has 1 aliphatic rings. The molecule has 1 aromatic heterocycles. The first-order chi connectivity index (χ1) is 14.6. The van der Waals surface area contributed by atoms with Crippen LogP contribution in [0.4, 0.5) is 4.39 Å². The fourth-order valence-corrected chi connectivity index (χ4v) is 4.06. The van der Waals surface area contributed by atoms with Gasteiger partial charge in [0.2, 0.25) is 0 Å². The number of carbonyl (C=O) groups is 1. The van der Waals surface area contributed by atoms with Crippen molar-refractivity contribution in [2.45, 2.75) is 19.5 Å². The Balaban J connectivity index is 1.62. The van der Waals surface area contributed by atoms with Gasteiger partial charge in [-0.3, -0.25) is 9.89 Å². The minimum Gasteiger partial charge on any atom is -0.322 e. The van der Waals surface area contributed by atoms with E-state index in [1.807, 2.05) is 66.4 Å². The second kappa shape index (κ2) is 7.26. The van der Waals surface area contributed by atoms with E-state index in [2.05, 4.69) is 10.2 Å². The maximum Gasteiger partial charge on any atom is 0.273 e. The number of aromatic nitrogens is 2. The van der Waals surface area contributed by atoms with E-state index in [4.69, 9.17) is 0 Å².